The van der Waals surface area contributed by atoms with Gasteiger partial charge in [-0.05, 0) is 42.3 Å². The molecule has 0 saturated heterocycles. The molecule has 2 heterocycles. The van der Waals surface area contributed by atoms with Gasteiger partial charge in [0.25, 0.3) is 0 Å². The average molecular weight is 462 g/mol. The summed E-state index contributed by atoms with van der Waals surface area (Å²) < 4.78 is 6.38. The van der Waals surface area contributed by atoms with E-state index in [4.69, 9.17) is 10.5 Å². The average Bonchev–Trinajstić information content (AvgIpc) is 2.87. The first kappa shape index (κ1) is 22.0. The first-order valence-electron chi connectivity index (χ1n) is 11.2. The maximum atomic E-state index is 12.7. The van der Waals surface area contributed by atoms with Gasteiger partial charge in [-0.2, -0.15) is 0 Å². The van der Waals surface area contributed by atoms with E-state index >= 15 is 0 Å². The van der Waals surface area contributed by atoms with Crippen LogP contribution >= 0.6 is 0 Å². The smallest absolute Gasteiger partial charge is 0.228 e. The fourth-order valence-corrected chi connectivity index (χ4v) is 3.95. The van der Waals surface area contributed by atoms with Crippen LogP contribution in [0.5, 0.6) is 11.6 Å². The highest BCUT2D eigenvalue weighted by Crippen LogP contribution is 2.38. The third-order valence-corrected chi connectivity index (χ3v) is 5.61. The summed E-state index contributed by atoms with van der Waals surface area (Å²) in [6.45, 7) is 1.97. The zero-order chi connectivity index (χ0) is 24.2. The number of nitrogens with two attached hydrogens (primary N) is 1. The van der Waals surface area contributed by atoms with Gasteiger partial charge in [0.1, 0.15) is 5.75 Å². The lowest BCUT2D eigenvalue weighted by atomic mass is 10.0. The molecular weight excluding hydrogens is 438 g/mol. The lowest BCUT2D eigenvalue weighted by molar-refractivity contribution is -0.115. The van der Waals surface area contributed by atoms with Gasteiger partial charge < -0.3 is 15.8 Å². The van der Waals surface area contributed by atoms with Crippen LogP contribution < -0.4 is 15.8 Å². The molecule has 0 aliphatic heterocycles. The van der Waals surface area contributed by atoms with Gasteiger partial charge >= 0.3 is 0 Å². The zero-order valence-electron chi connectivity index (χ0n) is 19.1. The van der Waals surface area contributed by atoms with Gasteiger partial charge in [-0.3, -0.25) is 4.79 Å². The molecule has 172 valence electrons. The van der Waals surface area contributed by atoms with Crippen LogP contribution in [0.2, 0.25) is 0 Å². The van der Waals surface area contributed by atoms with Crippen molar-refractivity contribution in [1.82, 2.24) is 15.0 Å². The van der Waals surface area contributed by atoms with Crippen LogP contribution in [0.25, 0.3) is 22.0 Å². The number of rotatable bonds is 6. The fourth-order valence-electron chi connectivity index (χ4n) is 3.95. The Balaban J connectivity index is 1.50. The highest BCUT2D eigenvalue weighted by molar-refractivity contribution is 6.05. The number of hydrogen-bond donors (Lipinski definition) is 2. The molecule has 0 bridgehead atoms. The number of nitrogens with zero attached hydrogens (tertiary/aromatic N) is 3. The molecule has 5 aromatic rings. The van der Waals surface area contributed by atoms with E-state index in [0.717, 1.165) is 27.6 Å². The fraction of sp³-hybridized carbons (Fsp3) is 0.0714. The van der Waals surface area contributed by atoms with Crippen molar-refractivity contribution in [2.75, 3.05) is 11.1 Å². The summed E-state index contributed by atoms with van der Waals surface area (Å²) in [6, 6.07) is 24.8. The third-order valence-electron chi connectivity index (χ3n) is 5.61. The molecule has 0 atom stereocenters. The predicted octanol–water partition coefficient (Wildman–Crippen LogP) is 5.56. The first-order valence-corrected chi connectivity index (χ1v) is 11.2. The van der Waals surface area contributed by atoms with Gasteiger partial charge in [0.2, 0.25) is 17.7 Å². The van der Waals surface area contributed by atoms with Crippen LogP contribution in [0.1, 0.15) is 11.1 Å². The molecule has 35 heavy (non-hydrogen) atoms. The summed E-state index contributed by atoms with van der Waals surface area (Å²) in [4.78, 5) is 25.5. The standard InChI is InChI=1S/C28H23N5O2/c1-18-12-13-20-21(9-5-11-23(20)32-25(34)17-19-7-3-2-4-8-19)26(18)35-27-22(10-6-15-30-27)24-14-16-31-28(29)33-24/h2-16H,17H2,1H3,(H,32,34)(H2,29,31,33). The topological polar surface area (TPSA) is 103 Å². The number of benzene rings is 3. The summed E-state index contributed by atoms with van der Waals surface area (Å²) in [5.41, 5.74) is 9.71. The molecule has 0 spiro atoms. The quantitative estimate of drug-likeness (QED) is 0.343. The number of aromatic nitrogens is 3. The Morgan fingerprint density at radius 1 is 0.886 bits per heavy atom. The summed E-state index contributed by atoms with van der Waals surface area (Å²) in [6.07, 6.45) is 3.56. The number of pyridine rings is 1. The van der Waals surface area contributed by atoms with E-state index < -0.39 is 0 Å². The van der Waals surface area contributed by atoms with Crippen molar-refractivity contribution in [1.29, 1.82) is 0 Å². The Labute approximate surface area is 202 Å². The zero-order valence-corrected chi connectivity index (χ0v) is 19.1. The SMILES string of the molecule is Cc1ccc2c(NC(=O)Cc3ccccc3)cccc2c1Oc1ncccc1-c1ccnc(N)n1. The lowest BCUT2D eigenvalue weighted by Gasteiger charge is -2.16. The molecule has 7 heteroatoms. The van der Waals surface area contributed by atoms with Crippen LogP contribution in [-0.2, 0) is 11.2 Å². The molecule has 0 radical (unpaired) electrons. The van der Waals surface area contributed by atoms with Gasteiger partial charge in [0.05, 0.1) is 17.7 Å². The van der Waals surface area contributed by atoms with Gasteiger partial charge in [0.15, 0.2) is 0 Å². The number of ether oxygens (including phenoxy) is 1. The Morgan fingerprint density at radius 2 is 1.74 bits per heavy atom. The predicted molar refractivity (Wildman–Crippen MR) is 137 cm³/mol. The lowest BCUT2D eigenvalue weighted by Crippen LogP contribution is -2.14. The second-order valence-corrected chi connectivity index (χ2v) is 8.08. The van der Waals surface area contributed by atoms with Crippen molar-refractivity contribution < 1.29 is 9.53 Å². The van der Waals surface area contributed by atoms with E-state index in [1.165, 1.54) is 0 Å². The van der Waals surface area contributed by atoms with E-state index in [1.807, 2.05) is 79.7 Å². The number of nitrogens with one attached hydrogen (secondary N) is 1. The van der Waals surface area contributed by atoms with E-state index in [1.54, 1.807) is 18.5 Å². The van der Waals surface area contributed by atoms with Crippen molar-refractivity contribution in [3.05, 3.63) is 102 Å². The van der Waals surface area contributed by atoms with E-state index in [9.17, 15) is 4.79 Å². The van der Waals surface area contributed by atoms with Crippen molar-refractivity contribution in [2.45, 2.75) is 13.3 Å². The van der Waals surface area contributed by atoms with Crippen LogP contribution in [0, 0.1) is 6.92 Å². The van der Waals surface area contributed by atoms with Crippen molar-refractivity contribution in [3.8, 4) is 22.9 Å². The summed E-state index contributed by atoms with van der Waals surface area (Å²) >= 11 is 0. The molecule has 3 N–H and O–H groups in total. The number of aryl methyl sites for hydroxylation is 1. The van der Waals surface area contributed by atoms with Gasteiger partial charge in [0, 0.05) is 28.9 Å². The largest absolute Gasteiger partial charge is 0.437 e. The minimum atomic E-state index is -0.0832. The van der Waals surface area contributed by atoms with Crippen LogP contribution in [0.4, 0.5) is 11.6 Å². The Kier molecular flexibility index (Phi) is 6.05. The van der Waals surface area contributed by atoms with E-state index in [-0.39, 0.29) is 11.9 Å². The van der Waals surface area contributed by atoms with Crippen molar-refractivity contribution >= 4 is 28.3 Å². The molecule has 3 aromatic carbocycles. The number of carbonyl (C=O) groups excluding carboxylic acids is 1. The molecule has 0 unspecified atom stereocenters. The summed E-state index contributed by atoms with van der Waals surface area (Å²) in [5.74, 6) is 1.15. The van der Waals surface area contributed by atoms with Crippen molar-refractivity contribution in [3.63, 3.8) is 0 Å². The normalized spacial score (nSPS) is 10.8. The second kappa shape index (κ2) is 9.61. The first-order chi connectivity index (χ1) is 17.1. The summed E-state index contributed by atoms with van der Waals surface area (Å²) in [5, 5.41) is 4.78. The monoisotopic (exact) mass is 461 g/mol. The Bertz CT molecular complexity index is 1520. The Hall–Kier alpha value is -4.78. The van der Waals surface area contributed by atoms with Crippen LogP contribution in [0.3, 0.4) is 0 Å². The number of amides is 1. The van der Waals surface area contributed by atoms with E-state index in [0.29, 0.717) is 29.3 Å². The second-order valence-electron chi connectivity index (χ2n) is 8.08. The number of anilines is 2. The third kappa shape index (κ3) is 4.79. The molecule has 0 aliphatic rings. The number of nitrogen functional groups attached to an aromatic ring is 1. The van der Waals surface area contributed by atoms with Gasteiger partial charge in [-0.1, -0.05) is 54.6 Å². The number of hydrogen-bond acceptors (Lipinski definition) is 6. The van der Waals surface area contributed by atoms with Crippen LogP contribution in [0.15, 0.2) is 91.3 Å². The highest BCUT2D eigenvalue weighted by atomic mass is 16.5. The molecule has 2 aromatic heterocycles. The van der Waals surface area contributed by atoms with Gasteiger partial charge in [-0.25, -0.2) is 15.0 Å². The molecular formula is C28H23N5O2. The van der Waals surface area contributed by atoms with Gasteiger partial charge in [-0.15, -0.1) is 0 Å². The molecule has 7 nitrogen and oxygen atoms in total. The maximum Gasteiger partial charge on any atom is 0.228 e. The van der Waals surface area contributed by atoms with E-state index in [2.05, 4.69) is 20.3 Å². The maximum absolute atomic E-state index is 12.7. The molecule has 0 aliphatic carbocycles. The molecule has 5 rings (SSSR count). The summed E-state index contributed by atoms with van der Waals surface area (Å²) in [7, 11) is 0. The highest BCUT2D eigenvalue weighted by Gasteiger charge is 2.16. The molecule has 1 amide bonds. The number of carbonyl (C=O) groups is 1. The Morgan fingerprint density at radius 3 is 2.57 bits per heavy atom. The molecule has 0 saturated carbocycles. The minimum Gasteiger partial charge on any atom is -0.437 e. The van der Waals surface area contributed by atoms with Crippen molar-refractivity contribution in [2.24, 2.45) is 0 Å². The number of fused-ring (bicyclic) bond motifs is 1. The molecule has 0 fully saturated rings. The van der Waals surface area contributed by atoms with Crippen LogP contribution in [-0.4, -0.2) is 20.9 Å². The minimum absolute atomic E-state index is 0.0832.